The summed E-state index contributed by atoms with van der Waals surface area (Å²) >= 11 is 0. The summed E-state index contributed by atoms with van der Waals surface area (Å²) in [5, 5.41) is 12.2. The Balaban J connectivity index is 1.76. The van der Waals surface area contributed by atoms with Crippen LogP contribution in [-0.4, -0.2) is 35.4 Å². The van der Waals surface area contributed by atoms with Crippen LogP contribution in [0.4, 0.5) is 0 Å². The quantitative estimate of drug-likeness (QED) is 0.745. The summed E-state index contributed by atoms with van der Waals surface area (Å²) < 4.78 is 5.82. The predicted octanol–water partition coefficient (Wildman–Crippen LogP) is 1.40. The Morgan fingerprint density at radius 2 is 2.19 bits per heavy atom. The van der Waals surface area contributed by atoms with Gasteiger partial charge in [0, 0.05) is 6.54 Å². The molecule has 2 N–H and O–H groups in total. The molecule has 4 nitrogen and oxygen atoms in total. The molecule has 1 aliphatic heterocycles. The lowest BCUT2D eigenvalue weighted by Gasteiger charge is -2.21. The van der Waals surface area contributed by atoms with Gasteiger partial charge in [-0.2, -0.15) is 0 Å². The summed E-state index contributed by atoms with van der Waals surface area (Å²) in [6.07, 6.45) is 4.34. The first kappa shape index (κ1) is 11.9. The molecule has 0 aromatic heterocycles. The Morgan fingerprint density at radius 1 is 1.50 bits per heavy atom. The highest BCUT2D eigenvalue weighted by molar-refractivity contribution is 5.74. The molecule has 0 aromatic carbocycles. The topological polar surface area (TPSA) is 58.6 Å². The van der Waals surface area contributed by atoms with Gasteiger partial charge in [0.05, 0.1) is 11.7 Å². The molecule has 2 fully saturated rings. The molecule has 0 bridgehead atoms. The van der Waals surface area contributed by atoms with Crippen LogP contribution in [0.2, 0.25) is 0 Å². The fraction of sp³-hybridized carbons (Fsp3) is 0.917. The molecule has 1 heterocycles. The Bertz CT molecular complexity index is 273. The van der Waals surface area contributed by atoms with Crippen LogP contribution in [0, 0.1) is 5.92 Å². The number of ether oxygens (including phenoxy) is 1. The molecule has 4 heteroatoms. The second kappa shape index (κ2) is 4.34. The molecular weight excluding hydrogens is 206 g/mol. The van der Waals surface area contributed by atoms with Gasteiger partial charge in [0.1, 0.15) is 6.04 Å². The first-order valence-corrected chi connectivity index (χ1v) is 6.12. The number of hydrogen-bond acceptors (Lipinski definition) is 3. The van der Waals surface area contributed by atoms with Gasteiger partial charge in [-0.3, -0.25) is 4.79 Å². The molecule has 2 unspecified atom stereocenters. The summed E-state index contributed by atoms with van der Waals surface area (Å²) in [7, 11) is 0. The van der Waals surface area contributed by atoms with E-state index in [1.807, 2.05) is 0 Å². The van der Waals surface area contributed by atoms with Gasteiger partial charge < -0.3 is 15.2 Å². The van der Waals surface area contributed by atoms with Crippen molar-refractivity contribution in [2.45, 2.75) is 57.3 Å². The molecule has 2 rings (SSSR count). The van der Waals surface area contributed by atoms with Crippen molar-refractivity contribution in [1.82, 2.24) is 5.32 Å². The largest absolute Gasteiger partial charge is 0.480 e. The summed E-state index contributed by atoms with van der Waals surface area (Å²) in [6, 6.07) is -0.368. The van der Waals surface area contributed by atoms with E-state index in [9.17, 15) is 4.79 Å². The third kappa shape index (κ3) is 2.95. The Morgan fingerprint density at radius 3 is 2.62 bits per heavy atom. The Labute approximate surface area is 96.4 Å². The van der Waals surface area contributed by atoms with Crippen molar-refractivity contribution in [3.8, 4) is 0 Å². The Kier molecular flexibility index (Phi) is 3.22. The highest BCUT2D eigenvalue weighted by Crippen LogP contribution is 2.33. The van der Waals surface area contributed by atoms with Crippen LogP contribution in [0.15, 0.2) is 0 Å². The van der Waals surface area contributed by atoms with Crippen molar-refractivity contribution < 1.29 is 14.6 Å². The number of aliphatic carboxylic acids is 1. The molecular formula is C12H21NO3. The molecule has 1 aliphatic carbocycles. The molecule has 0 aromatic rings. The van der Waals surface area contributed by atoms with Crippen molar-refractivity contribution in [3.63, 3.8) is 0 Å². The van der Waals surface area contributed by atoms with Gasteiger partial charge in [-0.15, -0.1) is 0 Å². The summed E-state index contributed by atoms with van der Waals surface area (Å²) in [5.41, 5.74) is -0.0371. The lowest BCUT2D eigenvalue weighted by Crippen LogP contribution is -2.42. The lowest BCUT2D eigenvalue weighted by atomic mass is 10.1. The van der Waals surface area contributed by atoms with Gasteiger partial charge in [-0.05, 0) is 45.4 Å². The van der Waals surface area contributed by atoms with E-state index in [4.69, 9.17) is 9.84 Å². The fourth-order valence-electron chi connectivity index (χ4n) is 2.36. The minimum atomic E-state index is -0.722. The number of hydrogen-bond donors (Lipinski definition) is 2. The molecule has 1 saturated carbocycles. The van der Waals surface area contributed by atoms with Gasteiger partial charge in [0.2, 0.25) is 0 Å². The average Bonchev–Trinajstić information content (AvgIpc) is 2.92. The van der Waals surface area contributed by atoms with Crippen LogP contribution >= 0.6 is 0 Å². The number of nitrogens with one attached hydrogen (secondary N) is 1. The van der Waals surface area contributed by atoms with Crippen molar-refractivity contribution in [2.75, 3.05) is 6.54 Å². The van der Waals surface area contributed by atoms with E-state index in [1.165, 1.54) is 0 Å². The smallest absolute Gasteiger partial charge is 0.320 e. The fourth-order valence-corrected chi connectivity index (χ4v) is 2.36. The second-order valence-corrected chi connectivity index (χ2v) is 5.60. The van der Waals surface area contributed by atoms with E-state index < -0.39 is 5.97 Å². The van der Waals surface area contributed by atoms with E-state index in [0.29, 0.717) is 12.5 Å². The van der Waals surface area contributed by atoms with Gasteiger partial charge in [0.25, 0.3) is 0 Å². The molecule has 92 valence electrons. The Hall–Kier alpha value is -0.610. The molecule has 0 radical (unpaired) electrons. The normalized spacial score (nSPS) is 30.2. The van der Waals surface area contributed by atoms with Crippen LogP contribution in [0.25, 0.3) is 0 Å². The summed E-state index contributed by atoms with van der Waals surface area (Å²) in [4.78, 5) is 11.0. The average molecular weight is 227 g/mol. The van der Waals surface area contributed by atoms with Crippen LogP contribution in [0.3, 0.4) is 0 Å². The predicted molar refractivity (Wildman–Crippen MR) is 60.3 cm³/mol. The SMILES string of the molecule is CC1(C)CCC(CNC(C(=O)O)C2CC2)O1. The first-order valence-electron chi connectivity index (χ1n) is 6.12. The summed E-state index contributed by atoms with van der Waals surface area (Å²) in [5.74, 6) is -0.383. The van der Waals surface area contributed by atoms with Gasteiger partial charge in [0.15, 0.2) is 0 Å². The lowest BCUT2D eigenvalue weighted by molar-refractivity contribution is -0.140. The van der Waals surface area contributed by atoms with Gasteiger partial charge >= 0.3 is 5.97 Å². The van der Waals surface area contributed by atoms with E-state index in [0.717, 1.165) is 25.7 Å². The molecule has 2 aliphatic rings. The highest BCUT2D eigenvalue weighted by atomic mass is 16.5. The van der Waals surface area contributed by atoms with Gasteiger partial charge in [-0.1, -0.05) is 0 Å². The van der Waals surface area contributed by atoms with E-state index in [-0.39, 0.29) is 17.7 Å². The van der Waals surface area contributed by atoms with E-state index in [2.05, 4.69) is 19.2 Å². The third-order valence-electron chi connectivity index (χ3n) is 3.48. The second-order valence-electron chi connectivity index (χ2n) is 5.60. The van der Waals surface area contributed by atoms with Crippen LogP contribution in [-0.2, 0) is 9.53 Å². The van der Waals surface area contributed by atoms with Crippen LogP contribution in [0.5, 0.6) is 0 Å². The van der Waals surface area contributed by atoms with Gasteiger partial charge in [-0.25, -0.2) is 0 Å². The number of rotatable bonds is 5. The minimum Gasteiger partial charge on any atom is -0.480 e. The summed E-state index contributed by atoms with van der Waals surface area (Å²) in [6.45, 7) is 4.84. The zero-order valence-electron chi connectivity index (χ0n) is 10.0. The van der Waals surface area contributed by atoms with Crippen molar-refractivity contribution >= 4 is 5.97 Å². The first-order chi connectivity index (χ1) is 7.48. The molecule has 0 spiro atoms. The molecule has 1 saturated heterocycles. The number of carbonyl (C=O) groups is 1. The van der Waals surface area contributed by atoms with E-state index >= 15 is 0 Å². The third-order valence-corrected chi connectivity index (χ3v) is 3.48. The maximum atomic E-state index is 11.0. The van der Waals surface area contributed by atoms with E-state index in [1.54, 1.807) is 0 Å². The zero-order chi connectivity index (χ0) is 11.8. The minimum absolute atomic E-state index is 0.0371. The van der Waals surface area contributed by atoms with Crippen molar-refractivity contribution in [3.05, 3.63) is 0 Å². The molecule has 2 atom stereocenters. The van der Waals surface area contributed by atoms with Crippen LogP contribution < -0.4 is 5.32 Å². The molecule has 0 amide bonds. The monoisotopic (exact) mass is 227 g/mol. The molecule has 16 heavy (non-hydrogen) atoms. The highest BCUT2D eigenvalue weighted by Gasteiger charge is 2.37. The van der Waals surface area contributed by atoms with Crippen LogP contribution in [0.1, 0.15) is 39.5 Å². The maximum absolute atomic E-state index is 11.0. The number of carboxylic acid groups (broad SMARTS) is 1. The zero-order valence-corrected chi connectivity index (χ0v) is 10.0. The van der Waals surface area contributed by atoms with Crippen molar-refractivity contribution in [2.24, 2.45) is 5.92 Å². The van der Waals surface area contributed by atoms with Crippen molar-refractivity contribution in [1.29, 1.82) is 0 Å². The number of carboxylic acids is 1. The standard InChI is InChI=1S/C12H21NO3/c1-12(2)6-5-9(16-12)7-13-10(11(14)15)8-3-4-8/h8-10,13H,3-7H2,1-2H3,(H,14,15). The maximum Gasteiger partial charge on any atom is 0.320 e.